The number of piperidine rings is 1. The number of imidazole rings is 1. The number of rotatable bonds is 8. The molecule has 200 valence electrons. The Kier molecular flexibility index (Phi) is 7.71. The van der Waals surface area contributed by atoms with Gasteiger partial charge in [-0.05, 0) is 89.1 Å². The van der Waals surface area contributed by atoms with E-state index < -0.39 is 5.97 Å². The van der Waals surface area contributed by atoms with Crippen LogP contribution in [0.2, 0.25) is 0 Å². The molecule has 37 heavy (non-hydrogen) atoms. The second-order valence-electron chi connectivity index (χ2n) is 11.7. The minimum absolute atomic E-state index is 0.189. The molecule has 2 unspecified atom stereocenters. The fraction of sp³-hybridized carbons (Fsp3) is 0.724. The number of anilines is 1. The summed E-state index contributed by atoms with van der Waals surface area (Å²) in [5.41, 5.74) is 1.36. The van der Waals surface area contributed by atoms with Gasteiger partial charge in [0.15, 0.2) is 11.5 Å². The van der Waals surface area contributed by atoms with E-state index in [1.165, 1.54) is 25.7 Å². The average Bonchev–Trinajstić information content (AvgIpc) is 3.21. The summed E-state index contributed by atoms with van der Waals surface area (Å²) >= 11 is 0. The van der Waals surface area contributed by atoms with Crippen molar-refractivity contribution in [2.24, 2.45) is 23.7 Å². The molecule has 1 aliphatic heterocycles. The molecule has 3 atom stereocenters. The summed E-state index contributed by atoms with van der Waals surface area (Å²) in [6.45, 7) is 9.57. The monoisotopic (exact) mass is 506 g/mol. The molecular weight excluding hydrogens is 464 g/mol. The number of hydrogen-bond acceptors (Lipinski definition) is 6. The van der Waals surface area contributed by atoms with Gasteiger partial charge in [-0.25, -0.2) is 19.7 Å². The zero-order chi connectivity index (χ0) is 26.1. The predicted molar refractivity (Wildman–Crippen MR) is 145 cm³/mol. The highest BCUT2D eigenvalue weighted by atomic mass is 16.4. The van der Waals surface area contributed by atoms with E-state index in [1.54, 1.807) is 0 Å². The van der Waals surface area contributed by atoms with Gasteiger partial charge in [0, 0.05) is 18.5 Å². The van der Waals surface area contributed by atoms with Gasteiger partial charge in [0.2, 0.25) is 5.82 Å². The van der Waals surface area contributed by atoms with Crippen molar-refractivity contribution < 1.29 is 9.90 Å². The molecule has 2 aliphatic carbocycles. The molecule has 0 bridgehead atoms. The van der Waals surface area contributed by atoms with Crippen molar-refractivity contribution in [2.75, 3.05) is 18.4 Å². The summed E-state index contributed by atoms with van der Waals surface area (Å²) in [4.78, 5) is 28.6. The molecule has 1 saturated heterocycles. The van der Waals surface area contributed by atoms with Crippen LogP contribution in [0.4, 0.5) is 5.82 Å². The lowest BCUT2D eigenvalue weighted by molar-refractivity contribution is 0.0684. The molecule has 2 saturated carbocycles. The third kappa shape index (κ3) is 5.34. The lowest BCUT2D eigenvalue weighted by atomic mass is 9.80. The van der Waals surface area contributed by atoms with Crippen LogP contribution >= 0.6 is 0 Å². The summed E-state index contributed by atoms with van der Waals surface area (Å²) in [5, 5.41) is 13.4. The molecule has 2 aromatic heterocycles. The van der Waals surface area contributed by atoms with E-state index in [2.05, 4.69) is 51.4 Å². The lowest BCUT2D eigenvalue weighted by Crippen LogP contribution is -2.37. The Labute approximate surface area is 220 Å². The summed E-state index contributed by atoms with van der Waals surface area (Å²) in [6, 6.07) is 0.406. The van der Waals surface area contributed by atoms with Crippen LogP contribution in [-0.4, -0.2) is 54.6 Å². The Morgan fingerprint density at radius 3 is 2.54 bits per heavy atom. The van der Waals surface area contributed by atoms with Crippen LogP contribution in [0.15, 0.2) is 0 Å². The summed E-state index contributed by atoms with van der Waals surface area (Å²) < 4.78 is 2.35. The quantitative estimate of drug-likeness (QED) is 0.466. The van der Waals surface area contributed by atoms with Gasteiger partial charge in [-0.3, -0.25) is 4.90 Å². The molecule has 2 N–H and O–H groups in total. The van der Waals surface area contributed by atoms with E-state index in [9.17, 15) is 9.90 Å². The summed E-state index contributed by atoms with van der Waals surface area (Å²) in [6.07, 6.45) is 15.9. The fourth-order valence-electron chi connectivity index (χ4n) is 6.57. The molecule has 2 aromatic rings. The highest BCUT2D eigenvalue weighted by molar-refractivity contribution is 5.90. The number of aromatic nitrogens is 4. The van der Waals surface area contributed by atoms with E-state index in [-0.39, 0.29) is 17.9 Å². The zero-order valence-electron chi connectivity index (χ0n) is 22.6. The van der Waals surface area contributed by atoms with Crippen LogP contribution in [-0.2, 0) is 6.54 Å². The topological polar surface area (TPSA) is 96.2 Å². The largest absolute Gasteiger partial charge is 0.475 e. The molecule has 3 heterocycles. The second kappa shape index (κ2) is 11.0. The number of aromatic carboxylic acids is 1. The molecule has 8 heteroatoms. The van der Waals surface area contributed by atoms with Gasteiger partial charge < -0.3 is 15.0 Å². The number of carbonyl (C=O) groups is 1. The number of hydrogen-bond donors (Lipinski definition) is 2. The van der Waals surface area contributed by atoms with Crippen molar-refractivity contribution in [1.82, 2.24) is 24.4 Å². The maximum Gasteiger partial charge on any atom is 0.374 e. The first-order valence-electron chi connectivity index (χ1n) is 14.4. The normalized spacial score (nSPS) is 27.9. The Bertz CT molecular complexity index is 1160. The average molecular weight is 507 g/mol. The molecule has 5 rings (SSSR count). The van der Waals surface area contributed by atoms with Crippen molar-refractivity contribution >= 4 is 23.0 Å². The number of likely N-dealkylation sites (tertiary alicyclic amines) is 1. The first-order chi connectivity index (χ1) is 17.9. The fourth-order valence-corrected chi connectivity index (χ4v) is 6.57. The Morgan fingerprint density at radius 1 is 1.16 bits per heavy atom. The van der Waals surface area contributed by atoms with E-state index in [0.717, 1.165) is 63.1 Å². The third-order valence-corrected chi connectivity index (χ3v) is 9.25. The number of nitrogens with one attached hydrogen (secondary N) is 1. The number of carboxylic acids is 1. The highest BCUT2D eigenvalue weighted by Gasteiger charge is 2.34. The van der Waals surface area contributed by atoms with E-state index >= 15 is 0 Å². The minimum Gasteiger partial charge on any atom is -0.475 e. The van der Waals surface area contributed by atoms with Crippen molar-refractivity contribution in [1.29, 1.82) is 0 Å². The van der Waals surface area contributed by atoms with Crippen LogP contribution < -0.4 is 5.32 Å². The maximum atomic E-state index is 12.0. The Morgan fingerprint density at radius 2 is 1.92 bits per heavy atom. The minimum atomic E-state index is -1.12. The molecule has 0 aromatic carbocycles. The lowest BCUT2D eigenvalue weighted by Gasteiger charge is -2.38. The van der Waals surface area contributed by atoms with Gasteiger partial charge in [-0.1, -0.05) is 20.3 Å². The number of nitrogens with zero attached hydrogens (tertiary/aromatic N) is 5. The Hall–Kier alpha value is -2.66. The summed E-state index contributed by atoms with van der Waals surface area (Å²) in [7, 11) is 0. The van der Waals surface area contributed by atoms with Crippen LogP contribution in [0, 0.1) is 36.0 Å². The van der Waals surface area contributed by atoms with Gasteiger partial charge in [-0.2, -0.15) is 0 Å². The number of fused-ring (bicyclic) bond motifs is 1. The van der Waals surface area contributed by atoms with Crippen LogP contribution in [0.25, 0.3) is 11.2 Å². The molecule has 3 fully saturated rings. The van der Waals surface area contributed by atoms with Gasteiger partial charge in [0.05, 0.1) is 6.04 Å². The first kappa shape index (κ1) is 26.0. The van der Waals surface area contributed by atoms with Crippen molar-refractivity contribution in [3.05, 3.63) is 11.6 Å². The van der Waals surface area contributed by atoms with Gasteiger partial charge in [0.1, 0.15) is 11.3 Å². The predicted octanol–water partition coefficient (Wildman–Crippen LogP) is 5.36. The number of terminal acetylenes is 1. The highest BCUT2D eigenvalue weighted by Crippen LogP contribution is 2.39. The molecule has 0 spiro atoms. The van der Waals surface area contributed by atoms with Crippen molar-refractivity contribution in [2.45, 2.75) is 97.2 Å². The van der Waals surface area contributed by atoms with Crippen molar-refractivity contribution in [3.8, 4) is 12.3 Å². The molecule has 8 nitrogen and oxygen atoms in total. The maximum absolute atomic E-state index is 12.0. The van der Waals surface area contributed by atoms with E-state index in [4.69, 9.17) is 11.4 Å². The molecule has 0 amide bonds. The van der Waals surface area contributed by atoms with Gasteiger partial charge in [-0.15, -0.1) is 12.3 Å². The van der Waals surface area contributed by atoms with E-state index in [0.29, 0.717) is 35.1 Å². The molecule has 3 aliphatic rings. The number of carboxylic acid groups (broad SMARTS) is 1. The first-order valence-corrected chi connectivity index (χ1v) is 14.4. The molecule has 0 radical (unpaired) electrons. The van der Waals surface area contributed by atoms with Gasteiger partial charge in [0.25, 0.3) is 0 Å². The van der Waals surface area contributed by atoms with Crippen LogP contribution in [0.1, 0.15) is 101 Å². The van der Waals surface area contributed by atoms with Crippen LogP contribution in [0.3, 0.4) is 0 Å². The summed E-state index contributed by atoms with van der Waals surface area (Å²) in [5.74, 6) is 5.36. The smallest absolute Gasteiger partial charge is 0.374 e. The van der Waals surface area contributed by atoms with Gasteiger partial charge >= 0.3 is 5.97 Å². The van der Waals surface area contributed by atoms with E-state index in [1.807, 2.05) is 0 Å². The SMILES string of the molecule is C#C[C@H]1CC[C@H](Cn2c(C3CC(C)CCN3CC)nc3nc(C(=O)O)nc(N[C@H](C)C4CCC4)c32)CC1. The Balaban J connectivity index is 1.60. The van der Waals surface area contributed by atoms with Crippen molar-refractivity contribution in [3.63, 3.8) is 0 Å². The standard InChI is InChI=1S/C29H42N6O2/c1-5-20-10-12-21(13-11-20)17-35-24-25(30-19(4)22-8-7-9-22)31-27(29(36)37)32-26(24)33-28(35)23-16-18(3)14-15-34(23)6-2/h1,18-23H,6-17H2,2-4H3,(H,36,37)(H,30,31,32)/t18?,19-,20-,21-,23?/m1/s1. The molecular formula is C29H42N6O2. The zero-order valence-corrected chi connectivity index (χ0v) is 22.6. The second-order valence-corrected chi connectivity index (χ2v) is 11.7. The third-order valence-electron chi connectivity index (χ3n) is 9.25. The van der Waals surface area contributed by atoms with Crippen LogP contribution in [0.5, 0.6) is 0 Å².